The molecule has 0 amide bonds. The highest BCUT2D eigenvalue weighted by Crippen LogP contribution is 2.48. The molecule has 1 aliphatic rings. The van der Waals surface area contributed by atoms with Crippen molar-refractivity contribution in [1.29, 1.82) is 0 Å². The van der Waals surface area contributed by atoms with E-state index in [1.807, 2.05) is 0 Å². The van der Waals surface area contributed by atoms with Crippen LogP contribution in [0.5, 0.6) is 0 Å². The number of carbonyl (C=O) groups is 3. The van der Waals surface area contributed by atoms with E-state index in [9.17, 15) is 14.4 Å². The van der Waals surface area contributed by atoms with Crippen LogP contribution in [0.3, 0.4) is 0 Å². The summed E-state index contributed by atoms with van der Waals surface area (Å²) in [5, 5.41) is 0. The first-order valence-corrected chi connectivity index (χ1v) is 9.46. The van der Waals surface area contributed by atoms with Crippen LogP contribution in [-0.2, 0) is 38.9 Å². The lowest BCUT2D eigenvalue weighted by Gasteiger charge is -2.43. The summed E-state index contributed by atoms with van der Waals surface area (Å²) >= 11 is 0. The topological polar surface area (TPSA) is 88.1 Å². The van der Waals surface area contributed by atoms with E-state index in [1.165, 1.54) is 28.1 Å². The Kier molecular flexibility index (Phi) is 5.94. The zero-order chi connectivity index (χ0) is 21.9. The number of hydrogen-bond acceptors (Lipinski definition) is 7. The van der Waals surface area contributed by atoms with E-state index in [0.717, 1.165) is 0 Å². The fourth-order valence-electron chi connectivity index (χ4n) is 3.91. The molecule has 1 saturated heterocycles. The molecule has 2 aromatic carbocycles. The van der Waals surface area contributed by atoms with E-state index in [1.54, 1.807) is 60.7 Å². The first kappa shape index (κ1) is 21.5. The van der Waals surface area contributed by atoms with Crippen LogP contribution in [0, 0.1) is 5.92 Å². The van der Waals surface area contributed by atoms with Crippen LogP contribution >= 0.6 is 0 Å². The molecule has 1 aliphatic heterocycles. The summed E-state index contributed by atoms with van der Waals surface area (Å²) in [6, 6.07) is 17.3. The van der Waals surface area contributed by atoms with Crippen LogP contribution in [0.4, 0.5) is 0 Å². The van der Waals surface area contributed by atoms with Gasteiger partial charge in [-0.15, -0.1) is 0 Å². The molecule has 158 valence electrons. The van der Waals surface area contributed by atoms with Gasteiger partial charge in [-0.1, -0.05) is 60.7 Å². The van der Waals surface area contributed by atoms with Gasteiger partial charge in [0, 0.05) is 21.0 Å². The van der Waals surface area contributed by atoms with Crippen LogP contribution in [0.1, 0.15) is 30.9 Å². The monoisotopic (exact) mass is 412 g/mol. The number of ether oxygens (including phenoxy) is 4. The van der Waals surface area contributed by atoms with Crippen molar-refractivity contribution < 1.29 is 33.3 Å². The Labute approximate surface area is 174 Å². The highest BCUT2D eigenvalue weighted by molar-refractivity contribution is 5.99. The number of methoxy groups -OCH3 is 2. The molecule has 7 nitrogen and oxygen atoms in total. The molecule has 0 unspecified atom stereocenters. The van der Waals surface area contributed by atoms with Gasteiger partial charge in [-0.05, 0) is 11.1 Å². The van der Waals surface area contributed by atoms with Crippen LogP contribution in [0.25, 0.3) is 0 Å². The third-order valence-corrected chi connectivity index (χ3v) is 5.14. The Morgan fingerprint density at radius 2 is 1.43 bits per heavy atom. The van der Waals surface area contributed by atoms with Gasteiger partial charge in [-0.2, -0.15) is 0 Å². The molecule has 2 aromatic rings. The molecule has 30 heavy (non-hydrogen) atoms. The second kappa shape index (κ2) is 8.28. The standard InChI is InChI=1S/C23H24O7/c1-22(2)29-19(24)17(20(25)30-22)18(15-11-7-5-8-12-15)23(28-4,21(26)27-3)16-13-9-6-10-14-16/h5-14,17-18H,1-4H3/t18-,23+/m1/s1. The summed E-state index contributed by atoms with van der Waals surface area (Å²) in [6.45, 7) is 2.94. The summed E-state index contributed by atoms with van der Waals surface area (Å²) in [5.41, 5.74) is -0.854. The largest absolute Gasteiger partial charge is 0.467 e. The molecular weight excluding hydrogens is 388 g/mol. The van der Waals surface area contributed by atoms with Crippen molar-refractivity contribution in [3.05, 3.63) is 71.8 Å². The predicted molar refractivity (Wildman–Crippen MR) is 106 cm³/mol. The summed E-state index contributed by atoms with van der Waals surface area (Å²) in [7, 11) is 2.56. The molecule has 0 radical (unpaired) electrons. The van der Waals surface area contributed by atoms with Gasteiger partial charge >= 0.3 is 17.9 Å². The number of rotatable bonds is 6. The first-order chi connectivity index (χ1) is 14.3. The molecule has 7 heteroatoms. The Hall–Kier alpha value is -3.19. The van der Waals surface area contributed by atoms with Gasteiger partial charge in [0.25, 0.3) is 5.79 Å². The minimum atomic E-state index is -1.80. The van der Waals surface area contributed by atoms with Gasteiger partial charge in [0.05, 0.1) is 13.0 Å². The van der Waals surface area contributed by atoms with Gasteiger partial charge in [0.1, 0.15) is 0 Å². The van der Waals surface area contributed by atoms with E-state index in [-0.39, 0.29) is 0 Å². The Morgan fingerprint density at radius 3 is 1.90 bits per heavy atom. The molecule has 0 bridgehead atoms. The Bertz CT molecular complexity index is 903. The number of hydrogen-bond donors (Lipinski definition) is 0. The Balaban J connectivity index is 2.29. The van der Waals surface area contributed by atoms with E-state index < -0.39 is 41.1 Å². The van der Waals surface area contributed by atoms with E-state index in [2.05, 4.69) is 0 Å². The normalized spacial score (nSPS) is 19.2. The van der Waals surface area contributed by atoms with Gasteiger partial charge in [0.2, 0.25) is 0 Å². The molecule has 1 fully saturated rings. The van der Waals surface area contributed by atoms with Crippen molar-refractivity contribution in [2.24, 2.45) is 5.92 Å². The first-order valence-electron chi connectivity index (χ1n) is 9.46. The molecule has 3 rings (SSSR count). The van der Waals surface area contributed by atoms with Crippen molar-refractivity contribution >= 4 is 17.9 Å². The predicted octanol–water partition coefficient (Wildman–Crippen LogP) is 2.94. The van der Waals surface area contributed by atoms with E-state index in [0.29, 0.717) is 11.1 Å². The smallest absolute Gasteiger partial charge is 0.343 e. The van der Waals surface area contributed by atoms with Crippen molar-refractivity contribution in [3.63, 3.8) is 0 Å². The molecule has 2 atom stereocenters. The van der Waals surface area contributed by atoms with Gasteiger partial charge < -0.3 is 18.9 Å². The van der Waals surface area contributed by atoms with Crippen molar-refractivity contribution in [2.75, 3.05) is 14.2 Å². The average Bonchev–Trinajstić information content (AvgIpc) is 2.73. The molecule has 0 aromatic heterocycles. The highest BCUT2D eigenvalue weighted by atomic mass is 16.7. The van der Waals surface area contributed by atoms with Crippen molar-refractivity contribution in [2.45, 2.75) is 31.2 Å². The van der Waals surface area contributed by atoms with Crippen LogP contribution < -0.4 is 0 Å². The lowest BCUT2D eigenvalue weighted by molar-refractivity contribution is -0.244. The van der Waals surface area contributed by atoms with Gasteiger partial charge in [0.15, 0.2) is 11.5 Å². The highest BCUT2D eigenvalue weighted by Gasteiger charge is 2.59. The summed E-state index contributed by atoms with van der Waals surface area (Å²) in [4.78, 5) is 39.2. The quantitative estimate of drug-likeness (QED) is 0.532. The maximum atomic E-state index is 13.2. The van der Waals surface area contributed by atoms with Gasteiger partial charge in [-0.3, -0.25) is 9.59 Å². The maximum absolute atomic E-state index is 13.2. The number of carbonyl (C=O) groups excluding carboxylic acids is 3. The fourth-order valence-corrected chi connectivity index (χ4v) is 3.91. The summed E-state index contributed by atoms with van der Waals surface area (Å²) < 4.78 is 21.6. The summed E-state index contributed by atoms with van der Waals surface area (Å²) in [5.74, 6) is -6.30. The SMILES string of the molecule is COC(=O)[C@](OC)(c1ccccc1)[C@H](c1ccccc1)C1C(=O)OC(C)(C)OC1=O. The molecule has 0 saturated carbocycles. The third kappa shape index (κ3) is 3.68. The van der Waals surface area contributed by atoms with Crippen LogP contribution in [0.15, 0.2) is 60.7 Å². The molecule has 0 spiro atoms. The lowest BCUT2D eigenvalue weighted by atomic mass is 9.70. The minimum Gasteiger partial charge on any atom is -0.467 e. The number of benzene rings is 2. The average molecular weight is 412 g/mol. The zero-order valence-electron chi connectivity index (χ0n) is 17.3. The second-order valence-electron chi connectivity index (χ2n) is 7.41. The van der Waals surface area contributed by atoms with E-state index >= 15 is 0 Å². The molecule has 0 aliphatic carbocycles. The summed E-state index contributed by atoms with van der Waals surface area (Å²) in [6.07, 6.45) is 0. The Morgan fingerprint density at radius 1 is 0.933 bits per heavy atom. The second-order valence-corrected chi connectivity index (χ2v) is 7.41. The number of esters is 3. The van der Waals surface area contributed by atoms with E-state index in [4.69, 9.17) is 18.9 Å². The third-order valence-electron chi connectivity index (χ3n) is 5.14. The zero-order valence-corrected chi connectivity index (χ0v) is 17.3. The fraction of sp³-hybridized carbons (Fsp3) is 0.348. The van der Waals surface area contributed by atoms with Gasteiger partial charge in [-0.25, -0.2) is 4.79 Å². The number of cyclic esters (lactones) is 2. The van der Waals surface area contributed by atoms with Crippen LogP contribution in [-0.4, -0.2) is 37.9 Å². The minimum absolute atomic E-state index is 0.429. The van der Waals surface area contributed by atoms with Crippen molar-refractivity contribution in [1.82, 2.24) is 0 Å². The lowest BCUT2D eigenvalue weighted by Crippen LogP contribution is -2.55. The van der Waals surface area contributed by atoms with Crippen LogP contribution in [0.2, 0.25) is 0 Å². The molecule has 0 N–H and O–H groups in total. The van der Waals surface area contributed by atoms with Crippen molar-refractivity contribution in [3.8, 4) is 0 Å². The maximum Gasteiger partial charge on any atom is 0.343 e. The molecule has 1 heterocycles. The molecular formula is C23H24O7.